The molecule has 21 heavy (non-hydrogen) atoms. The van der Waals surface area contributed by atoms with Crippen LogP contribution in [-0.2, 0) is 0 Å². The van der Waals surface area contributed by atoms with Crippen LogP contribution in [0.2, 0.25) is 0 Å². The SMILES string of the molecule is CCNC1CCCCCC1CN(CC)c1cccc(F)c1. The average Bonchev–Trinajstić information content (AvgIpc) is 2.70. The van der Waals surface area contributed by atoms with Crippen LogP contribution >= 0.6 is 0 Å². The number of nitrogens with zero attached hydrogens (tertiary/aromatic N) is 1. The molecular weight excluding hydrogens is 263 g/mol. The molecule has 118 valence electrons. The standard InChI is InChI=1S/C18H29FN2/c1-3-20-18-12-7-5-6-9-15(18)14-21(4-2)17-11-8-10-16(19)13-17/h8,10-11,13,15,18,20H,3-7,9,12,14H2,1-2H3. The summed E-state index contributed by atoms with van der Waals surface area (Å²) in [4.78, 5) is 2.32. The first kappa shape index (κ1) is 16.3. The highest BCUT2D eigenvalue weighted by Gasteiger charge is 2.24. The zero-order valence-corrected chi connectivity index (χ0v) is 13.4. The van der Waals surface area contributed by atoms with E-state index in [1.54, 1.807) is 6.07 Å². The van der Waals surface area contributed by atoms with Crippen molar-refractivity contribution in [3.05, 3.63) is 30.1 Å². The van der Waals surface area contributed by atoms with E-state index >= 15 is 0 Å². The second kappa shape index (κ2) is 8.38. The van der Waals surface area contributed by atoms with E-state index < -0.39 is 0 Å². The lowest BCUT2D eigenvalue weighted by Gasteiger charge is -2.32. The minimum Gasteiger partial charge on any atom is -0.371 e. The molecule has 0 heterocycles. The number of hydrogen-bond acceptors (Lipinski definition) is 2. The van der Waals surface area contributed by atoms with Gasteiger partial charge in [-0.25, -0.2) is 4.39 Å². The van der Waals surface area contributed by atoms with Gasteiger partial charge in [-0.2, -0.15) is 0 Å². The number of halogens is 1. The molecule has 2 nitrogen and oxygen atoms in total. The zero-order chi connectivity index (χ0) is 15.1. The Labute approximate surface area is 128 Å². The smallest absolute Gasteiger partial charge is 0.125 e. The van der Waals surface area contributed by atoms with Gasteiger partial charge in [0.2, 0.25) is 0 Å². The predicted octanol–water partition coefficient (Wildman–Crippen LogP) is 4.21. The largest absolute Gasteiger partial charge is 0.371 e. The Morgan fingerprint density at radius 3 is 2.71 bits per heavy atom. The normalized spacial score (nSPS) is 22.8. The van der Waals surface area contributed by atoms with Gasteiger partial charge < -0.3 is 10.2 Å². The minimum atomic E-state index is -0.143. The first-order valence-corrected chi connectivity index (χ1v) is 8.48. The Kier molecular flexibility index (Phi) is 6.50. The average molecular weight is 292 g/mol. The van der Waals surface area contributed by atoms with Gasteiger partial charge in [0.15, 0.2) is 0 Å². The van der Waals surface area contributed by atoms with Gasteiger partial charge in [-0.1, -0.05) is 32.3 Å². The van der Waals surface area contributed by atoms with Crippen LogP contribution < -0.4 is 10.2 Å². The molecule has 0 bridgehead atoms. The molecule has 2 rings (SSSR count). The molecule has 1 saturated carbocycles. The molecule has 1 aromatic carbocycles. The lowest BCUT2D eigenvalue weighted by Crippen LogP contribution is -2.42. The van der Waals surface area contributed by atoms with Gasteiger partial charge in [-0.3, -0.25) is 0 Å². The summed E-state index contributed by atoms with van der Waals surface area (Å²) in [5.74, 6) is 0.519. The number of rotatable bonds is 6. The Morgan fingerprint density at radius 1 is 1.19 bits per heavy atom. The Balaban J connectivity index is 2.07. The van der Waals surface area contributed by atoms with Crippen molar-refractivity contribution in [2.75, 3.05) is 24.5 Å². The summed E-state index contributed by atoms with van der Waals surface area (Å²) in [7, 11) is 0. The Bertz CT molecular complexity index is 421. The van der Waals surface area contributed by atoms with E-state index in [2.05, 4.69) is 24.1 Å². The van der Waals surface area contributed by atoms with E-state index in [0.29, 0.717) is 12.0 Å². The highest BCUT2D eigenvalue weighted by Crippen LogP contribution is 2.26. The van der Waals surface area contributed by atoms with Crippen LogP contribution in [0.15, 0.2) is 24.3 Å². The first-order valence-electron chi connectivity index (χ1n) is 8.48. The maximum absolute atomic E-state index is 13.5. The maximum atomic E-state index is 13.5. The van der Waals surface area contributed by atoms with Gasteiger partial charge in [0.1, 0.15) is 5.82 Å². The van der Waals surface area contributed by atoms with Crippen molar-refractivity contribution < 1.29 is 4.39 Å². The molecule has 0 aliphatic heterocycles. The summed E-state index contributed by atoms with van der Waals surface area (Å²) in [6.07, 6.45) is 6.57. The fourth-order valence-corrected chi connectivity index (χ4v) is 3.51. The van der Waals surface area contributed by atoms with Crippen molar-refractivity contribution in [3.63, 3.8) is 0 Å². The van der Waals surface area contributed by atoms with Crippen LogP contribution in [0.5, 0.6) is 0 Å². The fourth-order valence-electron chi connectivity index (χ4n) is 3.51. The molecule has 2 unspecified atom stereocenters. The molecule has 2 atom stereocenters. The van der Waals surface area contributed by atoms with E-state index in [4.69, 9.17) is 0 Å². The summed E-state index contributed by atoms with van der Waals surface area (Å²) in [6.45, 7) is 7.33. The Hall–Kier alpha value is -1.09. The third kappa shape index (κ3) is 4.70. The summed E-state index contributed by atoms with van der Waals surface area (Å²) >= 11 is 0. The Morgan fingerprint density at radius 2 is 2.00 bits per heavy atom. The highest BCUT2D eigenvalue weighted by atomic mass is 19.1. The van der Waals surface area contributed by atoms with Gasteiger partial charge in [-0.15, -0.1) is 0 Å². The second-order valence-electron chi connectivity index (χ2n) is 6.08. The topological polar surface area (TPSA) is 15.3 Å². The molecular formula is C18H29FN2. The third-order valence-electron chi connectivity index (χ3n) is 4.64. The molecule has 0 spiro atoms. The van der Waals surface area contributed by atoms with Crippen LogP contribution in [0.25, 0.3) is 0 Å². The predicted molar refractivity (Wildman–Crippen MR) is 88.3 cm³/mol. The van der Waals surface area contributed by atoms with Crippen molar-refractivity contribution in [1.29, 1.82) is 0 Å². The van der Waals surface area contributed by atoms with Crippen molar-refractivity contribution in [3.8, 4) is 0 Å². The molecule has 0 radical (unpaired) electrons. The van der Waals surface area contributed by atoms with E-state index in [-0.39, 0.29) is 5.82 Å². The monoisotopic (exact) mass is 292 g/mol. The van der Waals surface area contributed by atoms with Gasteiger partial charge >= 0.3 is 0 Å². The van der Waals surface area contributed by atoms with Crippen molar-refractivity contribution in [2.45, 2.75) is 52.0 Å². The number of benzene rings is 1. The summed E-state index contributed by atoms with van der Waals surface area (Å²) in [5.41, 5.74) is 1.01. The van der Waals surface area contributed by atoms with E-state index in [0.717, 1.165) is 25.3 Å². The van der Waals surface area contributed by atoms with Crippen LogP contribution in [0.4, 0.5) is 10.1 Å². The van der Waals surface area contributed by atoms with Crippen LogP contribution in [-0.4, -0.2) is 25.7 Å². The lowest BCUT2D eigenvalue weighted by molar-refractivity contribution is 0.340. The highest BCUT2D eigenvalue weighted by molar-refractivity contribution is 5.46. The molecule has 1 aromatic rings. The van der Waals surface area contributed by atoms with Crippen molar-refractivity contribution in [2.24, 2.45) is 5.92 Å². The molecule has 3 heteroatoms. The molecule has 1 fully saturated rings. The summed E-state index contributed by atoms with van der Waals surface area (Å²) < 4.78 is 13.5. The van der Waals surface area contributed by atoms with E-state index in [1.165, 1.54) is 38.2 Å². The third-order valence-corrected chi connectivity index (χ3v) is 4.64. The maximum Gasteiger partial charge on any atom is 0.125 e. The van der Waals surface area contributed by atoms with Gasteiger partial charge in [0.25, 0.3) is 0 Å². The van der Waals surface area contributed by atoms with E-state index in [1.807, 2.05) is 12.1 Å². The lowest BCUT2D eigenvalue weighted by atomic mass is 9.93. The number of nitrogens with one attached hydrogen (secondary N) is 1. The van der Waals surface area contributed by atoms with Crippen molar-refractivity contribution >= 4 is 5.69 Å². The van der Waals surface area contributed by atoms with Gasteiger partial charge in [0.05, 0.1) is 0 Å². The molecule has 1 aliphatic rings. The van der Waals surface area contributed by atoms with Gasteiger partial charge in [-0.05, 0) is 50.4 Å². The number of anilines is 1. The van der Waals surface area contributed by atoms with Crippen LogP contribution in [0.3, 0.4) is 0 Å². The second-order valence-corrected chi connectivity index (χ2v) is 6.08. The fraction of sp³-hybridized carbons (Fsp3) is 0.667. The molecule has 0 aromatic heterocycles. The first-order chi connectivity index (χ1) is 10.2. The minimum absolute atomic E-state index is 0.143. The van der Waals surface area contributed by atoms with Crippen LogP contribution in [0, 0.1) is 11.7 Å². The number of hydrogen-bond donors (Lipinski definition) is 1. The molecule has 1 aliphatic carbocycles. The van der Waals surface area contributed by atoms with Crippen molar-refractivity contribution in [1.82, 2.24) is 5.32 Å². The van der Waals surface area contributed by atoms with E-state index in [9.17, 15) is 4.39 Å². The zero-order valence-electron chi connectivity index (χ0n) is 13.4. The molecule has 0 saturated heterocycles. The van der Waals surface area contributed by atoms with Crippen LogP contribution in [0.1, 0.15) is 46.0 Å². The summed E-state index contributed by atoms with van der Waals surface area (Å²) in [5, 5.41) is 3.67. The summed E-state index contributed by atoms with van der Waals surface area (Å²) in [6, 6.07) is 7.61. The van der Waals surface area contributed by atoms with Gasteiger partial charge in [0, 0.05) is 24.8 Å². The molecule has 0 amide bonds. The quantitative estimate of drug-likeness (QED) is 0.790. The molecule has 1 N–H and O–H groups in total.